The van der Waals surface area contributed by atoms with Crippen molar-refractivity contribution >= 4 is 23.5 Å². The quantitative estimate of drug-likeness (QED) is 0.775. The van der Waals surface area contributed by atoms with Gasteiger partial charge in [-0.2, -0.15) is 0 Å². The van der Waals surface area contributed by atoms with E-state index < -0.39 is 0 Å². The van der Waals surface area contributed by atoms with Crippen LogP contribution in [0.15, 0.2) is 24.3 Å². The molecule has 3 heterocycles. The summed E-state index contributed by atoms with van der Waals surface area (Å²) < 4.78 is 0. The smallest absolute Gasteiger partial charge is 0.312 e. The Morgan fingerprint density at radius 2 is 1.96 bits per heavy atom. The van der Waals surface area contributed by atoms with Gasteiger partial charge in [-0.15, -0.1) is 0 Å². The number of anilines is 1. The Hall–Kier alpha value is -2.37. The van der Waals surface area contributed by atoms with Crippen LogP contribution in [0, 0.1) is 0 Å². The number of carbonyl (C=O) groups excluding carboxylic acids is 3. The molecule has 0 aliphatic carbocycles. The summed E-state index contributed by atoms with van der Waals surface area (Å²) in [5, 5.41) is 0. The fourth-order valence-corrected chi connectivity index (χ4v) is 3.84. The summed E-state index contributed by atoms with van der Waals surface area (Å²) >= 11 is 0. The number of nitrogens with zero attached hydrogens (tertiary/aromatic N) is 3. The summed E-state index contributed by atoms with van der Waals surface area (Å²) in [7, 11) is 0. The number of hydrogen-bond donors (Lipinski definition) is 0. The summed E-state index contributed by atoms with van der Waals surface area (Å²) in [4.78, 5) is 41.8. The summed E-state index contributed by atoms with van der Waals surface area (Å²) in [6.45, 7) is 1.10. The van der Waals surface area contributed by atoms with E-state index in [1.807, 2.05) is 24.3 Å². The van der Waals surface area contributed by atoms with Crippen molar-refractivity contribution in [2.45, 2.75) is 31.7 Å². The lowest BCUT2D eigenvalue weighted by Gasteiger charge is -2.30. The molecule has 2 saturated heterocycles. The Morgan fingerprint density at radius 3 is 2.78 bits per heavy atom. The van der Waals surface area contributed by atoms with E-state index in [0.29, 0.717) is 19.5 Å². The standard InChI is InChI=1S/C17H19N3O3/c21-15(18-9-3-6-12-5-1-2-7-13(12)18)11-20-16(22)14-8-4-10-19(14)17(20)23/h1-2,5,7,14H,3-4,6,8-11H2. The van der Waals surface area contributed by atoms with Crippen molar-refractivity contribution in [1.29, 1.82) is 0 Å². The first-order valence-corrected chi connectivity index (χ1v) is 8.17. The van der Waals surface area contributed by atoms with Crippen LogP contribution in [0.4, 0.5) is 10.5 Å². The minimum atomic E-state index is -0.344. The number of benzene rings is 1. The van der Waals surface area contributed by atoms with Gasteiger partial charge in [0.25, 0.3) is 5.91 Å². The highest BCUT2D eigenvalue weighted by atomic mass is 16.2. The number of hydrogen-bond acceptors (Lipinski definition) is 3. The van der Waals surface area contributed by atoms with Gasteiger partial charge in [-0.25, -0.2) is 4.79 Å². The zero-order chi connectivity index (χ0) is 16.0. The second-order valence-electron chi connectivity index (χ2n) is 6.34. The molecule has 4 amide bonds. The van der Waals surface area contributed by atoms with E-state index in [9.17, 15) is 14.4 Å². The molecule has 4 rings (SSSR count). The predicted molar refractivity (Wildman–Crippen MR) is 84.0 cm³/mol. The highest BCUT2D eigenvalue weighted by Crippen LogP contribution is 2.29. The van der Waals surface area contributed by atoms with E-state index in [1.54, 1.807) is 9.80 Å². The molecule has 1 unspecified atom stereocenters. The minimum Gasteiger partial charge on any atom is -0.312 e. The molecule has 0 bridgehead atoms. The Morgan fingerprint density at radius 1 is 1.13 bits per heavy atom. The van der Waals surface area contributed by atoms with Gasteiger partial charge in [-0.3, -0.25) is 14.5 Å². The first-order chi connectivity index (χ1) is 11.2. The molecule has 0 aromatic heterocycles. The maximum Gasteiger partial charge on any atom is 0.327 e. The number of rotatable bonds is 2. The molecule has 23 heavy (non-hydrogen) atoms. The summed E-state index contributed by atoms with van der Waals surface area (Å²) in [5.41, 5.74) is 2.05. The number of aryl methyl sites for hydroxylation is 1. The number of fused-ring (bicyclic) bond motifs is 2. The molecule has 3 aliphatic heterocycles. The molecular formula is C17H19N3O3. The van der Waals surface area contributed by atoms with Crippen LogP contribution in [-0.4, -0.2) is 53.3 Å². The molecule has 6 nitrogen and oxygen atoms in total. The van der Waals surface area contributed by atoms with E-state index in [-0.39, 0.29) is 30.4 Å². The molecular weight excluding hydrogens is 294 g/mol. The SMILES string of the molecule is O=C1C2CCCN2C(=O)N1CC(=O)N1CCCc2ccccc21. The largest absolute Gasteiger partial charge is 0.327 e. The van der Waals surface area contributed by atoms with E-state index in [4.69, 9.17) is 0 Å². The number of amides is 4. The van der Waals surface area contributed by atoms with Crippen LogP contribution in [0.5, 0.6) is 0 Å². The van der Waals surface area contributed by atoms with Crippen LogP contribution < -0.4 is 4.90 Å². The molecule has 120 valence electrons. The lowest BCUT2D eigenvalue weighted by Crippen LogP contribution is -2.45. The second kappa shape index (κ2) is 5.37. The van der Waals surface area contributed by atoms with E-state index in [0.717, 1.165) is 35.4 Å². The highest BCUT2D eigenvalue weighted by Gasteiger charge is 2.48. The Labute approximate surface area is 134 Å². The molecule has 2 fully saturated rings. The summed E-state index contributed by atoms with van der Waals surface area (Å²) in [6, 6.07) is 7.18. The van der Waals surface area contributed by atoms with Crippen LogP contribution in [0.3, 0.4) is 0 Å². The number of para-hydroxylation sites is 1. The average molecular weight is 313 g/mol. The molecule has 0 saturated carbocycles. The van der Waals surface area contributed by atoms with Crippen molar-refractivity contribution in [1.82, 2.24) is 9.80 Å². The zero-order valence-electron chi connectivity index (χ0n) is 12.9. The fraction of sp³-hybridized carbons (Fsp3) is 0.471. The summed E-state index contributed by atoms with van der Waals surface area (Å²) in [5.74, 6) is -0.397. The van der Waals surface area contributed by atoms with Crippen molar-refractivity contribution in [2.24, 2.45) is 0 Å². The molecule has 1 atom stereocenters. The Balaban J connectivity index is 1.53. The van der Waals surface area contributed by atoms with Crippen LogP contribution >= 0.6 is 0 Å². The molecule has 0 spiro atoms. The first-order valence-electron chi connectivity index (χ1n) is 8.17. The Kier molecular flexibility index (Phi) is 3.32. The first kappa shape index (κ1) is 14.2. The van der Waals surface area contributed by atoms with Crippen molar-refractivity contribution < 1.29 is 14.4 Å². The van der Waals surface area contributed by atoms with Gasteiger partial charge in [0.1, 0.15) is 12.6 Å². The number of carbonyl (C=O) groups is 3. The monoisotopic (exact) mass is 313 g/mol. The van der Waals surface area contributed by atoms with Crippen molar-refractivity contribution in [3.63, 3.8) is 0 Å². The molecule has 3 aliphatic rings. The van der Waals surface area contributed by atoms with Crippen molar-refractivity contribution in [2.75, 3.05) is 24.5 Å². The van der Waals surface area contributed by atoms with Crippen LogP contribution in [0.25, 0.3) is 0 Å². The number of urea groups is 1. The van der Waals surface area contributed by atoms with Gasteiger partial charge in [0.05, 0.1) is 0 Å². The molecule has 0 radical (unpaired) electrons. The Bertz CT molecular complexity index is 665. The molecule has 1 aromatic rings. The van der Waals surface area contributed by atoms with Crippen LogP contribution in [-0.2, 0) is 16.0 Å². The highest BCUT2D eigenvalue weighted by molar-refractivity contribution is 6.08. The van der Waals surface area contributed by atoms with Gasteiger partial charge in [0.15, 0.2) is 0 Å². The van der Waals surface area contributed by atoms with E-state index in [1.165, 1.54) is 0 Å². The topological polar surface area (TPSA) is 60.9 Å². The van der Waals surface area contributed by atoms with E-state index >= 15 is 0 Å². The minimum absolute atomic E-state index is 0.154. The van der Waals surface area contributed by atoms with Gasteiger partial charge in [-0.05, 0) is 37.3 Å². The van der Waals surface area contributed by atoms with Gasteiger partial charge < -0.3 is 9.80 Å². The third-order valence-corrected chi connectivity index (χ3v) is 4.99. The average Bonchev–Trinajstić information content (AvgIpc) is 3.14. The summed E-state index contributed by atoms with van der Waals surface area (Å²) in [6.07, 6.45) is 3.43. The van der Waals surface area contributed by atoms with Crippen LogP contribution in [0.2, 0.25) is 0 Å². The third-order valence-electron chi connectivity index (χ3n) is 4.99. The number of imide groups is 1. The lowest BCUT2D eigenvalue weighted by atomic mass is 10.0. The van der Waals surface area contributed by atoms with Gasteiger partial charge in [0.2, 0.25) is 5.91 Å². The molecule has 0 N–H and O–H groups in total. The zero-order valence-corrected chi connectivity index (χ0v) is 12.9. The third kappa shape index (κ3) is 2.20. The maximum atomic E-state index is 12.7. The second-order valence-corrected chi connectivity index (χ2v) is 6.34. The normalized spacial score (nSPS) is 23.3. The predicted octanol–water partition coefficient (Wildman–Crippen LogP) is 1.39. The van der Waals surface area contributed by atoms with Crippen molar-refractivity contribution in [3.8, 4) is 0 Å². The lowest BCUT2D eigenvalue weighted by molar-refractivity contribution is -0.131. The maximum absolute atomic E-state index is 12.7. The van der Waals surface area contributed by atoms with Crippen molar-refractivity contribution in [3.05, 3.63) is 29.8 Å². The van der Waals surface area contributed by atoms with Gasteiger partial charge >= 0.3 is 6.03 Å². The molecule has 1 aromatic carbocycles. The molecule has 6 heteroatoms. The van der Waals surface area contributed by atoms with Gasteiger partial charge in [0, 0.05) is 18.8 Å². The van der Waals surface area contributed by atoms with Gasteiger partial charge in [-0.1, -0.05) is 18.2 Å². The van der Waals surface area contributed by atoms with Crippen LogP contribution in [0.1, 0.15) is 24.8 Å². The fourth-order valence-electron chi connectivity index (χ4n) is 3.84. The van der Waals surface area contributed by atoms with E-state index in [2.05, 4.69) is 0 Å².